The number of carbonyl (C=O) groups is 1. The number of anilines is 1. The Morgan fingerprint density at radius 3 is 2.58 bits per heavy atom. The molecule has 164 valence electrons. The first kappa shape index (κ1) is 22.5. The smallest absolute Gasteiger partial charge is 0.356 e. The van der Waals surface area contributed by atoms with Crippen LogP contribution < -0.4 is 10.2 Å². The monoisotopic (exact) mass is 431 g/mol. The van der Waals surface area contributed by atoms with E-state index in [1.807, 2.05) is 11.0 Å². The molecule has 0 saturated carbocycles. The highest BCUT2D eigenvalue weighted by Gasteiger charge is 2.34. The van der Waals surface area contributed by atoms with Crippen LogP contribution in [-0.2, 0) is 17.5 Å². The van der Waals surface area contributed by atoms with Gasteiger partial charge in [-0.25, -0.2) is 9.97 Å². The lowest BCUT2D eigenvalue weighted by molar-refractivity contribution is -0.141. The Labute approximate surface area is 179 Å². The molecule has 2 aromatic heterocycles. The van der Waals surface area contributed by atoms with Crippen LogP contribution in [0.3, 0.4) is 0 Å². The molecule has 0 bridgehead atoms. The van der Waals surface area contributed by atoms with Crippen LogP contribution in [0.4, 0.5) is 19.0 Å². The molecule has 1 aliphatic heterocycles. The lowest BCUT2D eigenvalue weighted by Gasteiger charge is -2.33. The van der Waals surface area contributed by atoms with Crippen molar-refractivity contribution in [2.24, 2.45) is 5.92 Å². The molecule has 0 radical (unpaired) electrons. The zero-order chi connectivity index (χ0) is 22.6. The summed E-state index contributed by atoms with van der Waals surface area (Å²) in [5.41, 5.74) is 0.509. The highest BCUT2D eigenvalue weighted by atomic mass is 19.4. The van der Waals surface area contributed by atoms with E-state index in [0.717, 1.165) is 18.9 Å². The minimum atomic E-state index is -4.53. The van der Waals surface area contributed by atoms with E-state index in [4.69, 9.17) is 5.26 Å². The van der Waals surface area contributed by atoms with Crippen LogP contribution in [0.25, 0.3) is 0 Å². The number of hydrogen-bond donors (Lipinski definition) is 1. The number of pyridine rings is 2. The van der Waals surface area contributed by atoms with Gasteiger partial charge in [0.05, 0.1) is 5.92 Å². The van der Waals surface area contributed by atoms with Gasteiger partial charge in [-0.05, 0) is 43.4 Å². The second-order valence-electron chi connectivity index (χ2n) is 7.87. The molecule has 0 aromatic carbocycles. The van der Waals surface area contributed by atoms with E-state index in [2.05, 4.69) is 22.2 Å². The molecule has 1 unspecified atom stereocenters. The van der Waals surface area contributed by atoms with E-state index >= 15 is 0 Å². The van der Waals surface area contributed by atoms with Crippen molar-refractivity contribution < 1.29 is 18.0 Å². The highest BCUT2D eigenvalue weighted by Crippen LogP contribution is 2.32. The van der Waals surface area contributed by atoms with Crippen molar-refractivity contribution in [2.45, 2.75) is 45.3 Å². The maximum atomic E-state index is 13.2. The molecule has 0 aliphatic carbocycles. The van der Waals surface area contributed by atoms with Crippen molar-refractivity contribution in [3.63, 3.8) is 0 Å². The first-order valence-electron chi connectivity index (χ1n) is 10.1. The van der Waals surface area contributed by atoms with Gasteiger partial charge in [0, 0.05) is 31.4 Å². The maximum Gasteiger partial charge on any atom is 0.433 e. The second-order valence-corrected chi connectivity index (χ2v) is 7.87. The average molecular weight is 431 g/mol. The number of nitrogens with zero attached hydrogens (tertiary/aromatic N) is 4. The summed E-state index contributed by atoms with van der Waals surface area (Å²) in [6, 6.07) is 7.46. The van der Waals surface area contributed by atoms with Gasteiger partial charge >= 0.3 is 6.18 Å². The Balaban J connectivity index is 1.76. The molecule has 1 aliphatic rings. The van der Waals surface area contributed by atoms with Crippen molar-refractivity contribution >= 4 is 11.7 Å². The van der Waals surface area contributed by atoms with Gasteiger partial charge in [0.15, 0.2) is 0 Å². The van der Waals surface area contributed by atoms with Crippen LogP contribution >= 0.6 is 0 Å². The first-order valence-corrected chi connectivity index (χ1v) is 10.1. The van der Waals surface area contributed by atoms with Crippen molar-refractivity contribution in [3.8, 4) is 6.07 Å². The number of aromatic nitrogens is 2. The Morgan fingerprint density at radius 2 is 2.00 bits per heavy atom. The van der Waals surface area contributed by atoms with Crippen LogP contribution in [0, 0.1) is 17.2 Å². The van der Waals surface area contributed by atoms with Gasteiger partial charge < -0.3 is 10.2 Å². The third kappa shape index (κ3) is 5.51. The zero-order valence-electron chi connectivity index (χ0n) is 17.4. The summed E-state index contributed by atoms with van der Waals surface area (Å²) in [6.07, 6.45) is -1.29. The lowest BCUT2D eigenvalue weighted by atomic mass is 9.99. The minimum absolute atomic E-state index is 0.0689. The number of nitriles is 1. The molecule has 2 aromatic rings. The molecule has 1 amide bonds. The Morgan fingerprint density at radius 1 is 1.29 bits per heavy atom. The fourth-order valence-electron chi connectivity index (χ4n) is 3.48. The number of halogens is 3. The molecule has 9 heteroatoms. The van der Waals surface area contributed by atoms with E-state index in [1.165, 1.54) is 18.3 Å². The lowest BCUT2D eigenvalue weighted by Crippen LogP contribution is -2.35. The average Bonchev–Trinajstić information content (AvgIpc) is 2.77. The number of amides is 1. The molecule has 1 N–H and O–H groups in total. The number of nitrogens with one attached hydrogen (secondary N) is 1. The molecular weight excluding hydrogens is 407 g/mol. The number of rotatable bonds is 5. The predicted molar refractivity (Wildman–Crippen MR) is 109 cm³/mol. The van der Waals surface area contributed by atoms with Crippen LogP contribution in [0.2, 0.25) is 0 Å². The number of alkyl halides is 3. The molecule has 3 rings (SSSR count). The van der Waals surface area contributed by atoms with Crippen molar-refractivity contribution in [3.05, 3.63) is 53.0 Å². The second kappa shape index (κ2) is 9.33. The molecule has 1 atom stereocenters. The molecule has 3 heterocycles. The predicted octanol–water partition coefficient (Wildman–Crippen LogP) is 4.02. The van der Waals surface area contributed by atoms with Crippen molar-refractivity contribution in [1.29, 1.82) is 5.26 Å². The van der Waals surface area contributed by atoms with Gasteiger partial charge in [-0.1, -0.05) is 19.1 Å². The van der Waals surface area contributed by atoms with Gasteiger partial charge in [-0.15, -0.1) is 0 Å². The third-order valence-corrected chi connectivity index (χ3v) is 5.58. The summed E-state index contributed by atoms with van der Waals surface area (Å²) >= 11 is 0. The van der Waals surface area contributed by atoms with Crippen LogP contribution in [0.1, 0.15) is 55.1 Å². The SMILES string of the molecule is CC1CCN(c2nc(C(F)(F)F)ccc2CNC(=O)C(C)c2ccc(C#N)nc2)CC1. The number of carbonyl (C=O) groups excluding carboxylic acids is 1. The summed E-state index contributed by atoms with van der Waals surface area (Å²) in [5.74, 6) is -0.0200. The van der Waals surface area contributed by atoms with Crippen molar-refractivity contribution in [2.75, 3.05) is 18.0 Å². The number of piperidine rings is 1. The van der Waals surface area contributed by atoms with Crippen LogP contribution in [0.5, 0.6) is 0 Å². The van der Waals surface area contributed by atoms with Gasteiger partial charge in [-0.3, -0.25) is 4.79 Å². The fourth-order valence-corrected chi connectivity index (χ4v) is 3.48. The molecule has 1 fully saturated rings. The van der Waals surface area contributed by atoms with Gasteiger partial charge in [0.2, 0.25) is 5.91 Å². The van der Waals surface area contributed by atoms with Gasteiger partial charge in [0.25, 0.3) is 0 Å². The van der Waals surface area contributed by atoms with E-state index in [1.54, 1.807) is 13.0 Å². The standard InChI is InChI=1S/C22H24F3N5O/c1-14-7-9-30(10-8-14)20-17(4-6-19(29-20)22(23,24)25)13-28-21(31)15(2)16-3-5-18(11-26)27-12-16/h3-6,12,14-15H,7-10,13H2,1-2H3,(H,28,31). The van der Waals surface area contributed by atoms with Crippen LogP contribution in [0.15, 0.2) is 30.5 Å². The Hall–Kier alpha value is -3.15. The topological polar surface area (TPSA) is 81.9 Å². The van der Waals surface area contributed by atoms with Gasteiger partial charge in [0.1, 0.15) is 23.3 Å². The third-order valence-electron chi connectivity index (χ3n) is 5.58. The maximum absolute atomic E-state index is 13.2. The Kier molecular flexibility index (Phi) is 6.78. The minimum Gasteiger partial charge on any atom is -0.356 e. The molecular formula is C22H24F3N5O. The van der Waals surface area contributed by atoms with E-state index in [0.29, 0.717) is 30.1 Å². The Bertz CT molecular complexity index is 961. The molecule has 0 spiro atoms. The molecule has 31 heavy (non-hydrogen) atoms. The van der Waals surface area contributed by atoms with Crippen LogP contribution in [-0.4, -0.2) is 29.0 Å². The van der Waals surface area contributed by atoms with Crippen molar-refractivity contribution in [1.82, 2.24) is 15.3 Å². The number of hydrogen-bond acceptors (Lipinski definition) is 5. The van der Waals surface area contributed by atoms with E-state index in [-0.39, 0.29) is 24.0 Å². The molecule has 6 nitrogen and oxygen atoms in total. The van der Waals surface area contributed by atoms with E-state index in [9.17, 15) is 18.0 Å². The summed E-state index contributed by atoms with van der Waals surface area (Å²) in [7, 11) is 0. The summed E-state index contributed by atoms with van der Waals surface area (Å²) < 4.78 is 39.6. The molecule has 1 saturated heterocycles. The zero-order valence-corrected chi connectivity index (χ0v) is 17.4. The van der Waals surface area contributed by atoms with Gasteiger partial charge in [-0.2, -0.15) is 18.4 Å². The normalized spacial score (nSPS) is 15.9. The summed E-state index contributed by atoms with van der Waals surface area (Å²) in [6.45, 7) is 5.15. The first-order chi connectivity index (χ1) is 14.7. The largest absolute Gasteiger partial charge is 0.433 e. The quantitative estimate of drug-likeness (QED) is 0.773. The highest BCUT2D eigenvalue weighted by molar-refractivity contribution is 5.83. The summed E-state index contributed by atoms with van der Waals surface area (Å²) in [4.78, 5) is 22.3. The van der Waals surface area contributed by atoms with E-state index < -0.39 is 17.8 Å². The summed E-state index contributed by atoms with van der Waals surface area (Å²) in [5, 5.41) is 11.6. The fraction of sp³-hybridized carbons (Fsp3) is 0.455.